The number of fused-ring (bicyclic) bond motifs is 1. The predicted octanol–water partition coefficient (Wildman–Crippen LogP) is 5.73. The number of piperidine rings is 1. The molecule has 5 nitrogen and oxygen atoms in total. The van der Waals surface area contributed by atoms with Crippen molar-refractivity contribution in [1.29, 1.82) is 0 Å². The zero-order chi connectivity index (χ0) is 21.0. The van der Waals surface area contributed by atoms with E-state index in [1.165, 1.54) is 10.4 Å². The van der Waals surface area contributed by atoms with E-state index in [1.54, 1.807) is 23.7 Å². The van der Waals surface area contributed by atoms with E-state index >= 15 is 0 Å². The molecule has 3 aromatic heterocycles. The molecule has 172 valence electrons. The Morgan fingerprint density at radius 1 is 1.03 bits per heavy atom. The third-order valence-corrected chi connectivity index (χ3v) is 6.81. The number of pyridine rings is 2. The average molecular weight is 501 g/mol. The third-order valence-electron chi connectivity index (χ3n) is 5.88. The van der Waals surface area contributed by atoms with Crippen molar-refractivity contribution >= 4 is 58.0 Å². The molecule has 1 aromatic carbocycles. The highest BCUT2D eigenvalue weighted by atomic mass is 35.5. The molecule has 1 N–H and O–H groups in total. The van der Waals surface area contributed by atoms with Gasteiger partial charge in [0, 0.05) is 43.5 Å². The van der Waals surface area contributed by atoms with Crippen LogP contribution in [-0.4, -0.2) is 29.0 Å². The first kappa shape index (κ1) is 25.0. The van der Waals surface area contributed by atoms with Gasteiger partial charge in [0.25, 0.3) is 0 Å². The first-order chi connectivity index (χ1) is 15.3. The van der Waals surface area contributed by atoms with Crippen LogP contribution in [-0.2, 0) is 11.3 Å². The molecule has 8 heteroatoms. The fourth-order valence-electron chi connectivity index (χ4n) is 4.15. The number of rotatable bonds is 5. The molecule has 4 heterocycles. The summed E-state index contributed by atoms with van der Waals surface area (Å²) in [6.45, 7) is 2.30. The van der Waals surface area contributed by atoms with E-state index in [-0.39, 0.29) is 36.6 Å². The molecular formula is C25H26Cl2N4OS. The Balaban J connectivity index is 0.00000153. The van der Waals surface area contributed by atoms with Gasteiger partial charge in [-0.15, -0.1) is 36.2 Å². The van der Waals surface area contributed by atoms with Crippen LogP contribution in [0.5, 0.6) is 0 Å². The van der Waals surface area contributed by atoms with E-state index in [2.05, 4.69) is 44.8 Å². The van der Waals surface area contributed by atoms with Crippen molar-refractivity contribution < 1.29 is 4.79 Å². The van der Waals surface area contributed by atoms with Gasteiger partial charge in [0.1, 0.15) is 0 Å². The molecule has 0 spiro atoms. The number of halogens is 2. The largest absolute Gasteiger partial charge is 0.370 e. The molecule has 1 aliphatic rings. The van der Waals surface area contributed by atoms with Crippen LogP contribution in [0.25, 0.3) is 21.5 Å². The van der Waals surface area contributed by atoms with Crippen LogP contribution in [0.4, 0.5) is 5.69 Å². The average Bonchev–Trinajstić information content (AvgIpc) is 3.32. The van der Waals surface area contributed by atoms with Crippen molar-refractivity contribution in [2.75, 3.05) is 18.0 Å². The SMILES string of the molecule is Cl.Cl.O=C(NCc1ccncc1)C1CCN(c2cc(-c3ccccc3)nc3ccsc23)CC1. The van der Waals surface area contributed by atoms with Gasteiger partial charge in [0.15, 0.2) is 0 Å². The van der Waals surface area contributed by atoms with Crippen LogP contribution in [0.3, 0.4) is 0 Å². The number of hydrogen-bond donors (Lipinski definition) is 1. The smallest absolute Gasteiger partial charge is 0.223 e. The standard InChI is InChI=1S/C25H24N4OS.2ClH/c30-25(27-17-18-6-11-26-12-7-18)20-8-13-29(14-9-20)23-16-22(19-4-2-1-3-5-19)28-21-10-15-31-24(21)23;;/h1-7,10-12,15-16,20H,8-9,13-14,17H2,(H,27,30);2*1H. The number of carbonyl (C=O) groups is 1. The first-order valence-electron chi connectivity index (χ1n) is 10.6. The molecule has 1 aliphatic heterocycles. The monoisotopic (exact) mass is 500 g/mol. The zero-order valence-electron chi connectivity index (χ0n) is 18.0. The molecule has 1 fully saturated rings. The highest BCUT2D eigenvalue weighted by Crippen LogP contribution is 2.36. The second kappa shape index (κ2) is 11.5. The van der Waals surface area contributed by atoms with Crippen LogP contribution in [0, 0.1) is 5.92 Å². The maximum absolute atomic E-state index is 12.7. The summed E-state index contributed by atoms with van der Waals surface area (Å²) in [7, 11) is 0. The summed E-state index contributed by atoms with van der Waals surface area (Å²) in [4.78, 5) is 24.0. The summed E-state index contributed by atoms with van der Waals surface area (Å²) in [5, 5.41) is 5.19. The van der Waals surface area contributed by atoms with Gasteiger partial charge in [-0.3, -0.25) is 9.78 Å². The minimum Gasteiger partial charge on any atom is -0.370 e. The Hall–Kier alpha value is -2.67. The van der Waals surface area contributed by atoms with Gasteiger partial charge in [-0.25, -0.2) is 4.98 Å². The van der Waals surface area contributed by atoms with Crippen molar-refractivity contribution in [1.82, 2.24) is 15.3 Å². The number of hydrogen-bond acceptors (Lipinski definition) is 5. The third kappa shape index (κ3) is 5.64. The highest BCUT2D eigenvalue weighted by molar-refractivity contribution is 7.17. The zero-order valence-corrected chi connectivity index (χ0v) is 20.5. The molecule has 4 aromatic rings. The lowest BCUT2D eigenvalue weighted by Crippen LogP contribution is -2.40. The van der Waals surface area contributed by atoms with Gasteiger partial charge >= 0.3 is 0 Å². The van der Waals surface area contributed by atoms with Crippen molar-refractivity contribution in [2.45, 2.75) is 19.4 Å². The maximum Gasteiger partial charge on any atom is 0.223 e. The van der Waals surface area contributed by atoms with Crippen molar-refractivity contribution in [3.8, 4) is 11.3 Å². The fourth-order valence-corrected chi connectivity index (χ4v) is 5.02. The minimum atomic E-state index is 0. The second-order valence-corrected chi connectivity index (χ2v) is 8.78. The Bertz CT molecular complexity index is 1180. The Morgan fingerprint density at radius 3 is 2.48 bits per heavy atom. The van der Waals surface area contributed by atoms with Crippen LogP contribution in [0.2, 0.25) is 0 Å². The van der Waals surface area contributed by atoms with E-state index < -0.39 is 0 Å². The second-order valence-electron chi connectivity index (χ2n) is 7.86. The van der Waals surface area contributed by atoms with E-state index in [1.807, 2.05) is 30.3 Å². The number of nitrogens with one attached hydrogen (secondary N) is 1. The summed E-state index contributed by atoms with van der Waals surface area (Å²) in [5.74, 6) is 0.213. The Morgan fingerprint density at radius 2 is 1.76 bits per heavy atom. The number of aromatic nitrogens is 2. The van der Waals surface area contributed by atoms with Gasteiger partial charge in [-0.2, -0.15) is 0 Å². The summed E-state index contributed by atoms with van der Waals surface area (Å²) in [5.41, 5.74) is 5.47. The van der Waals surface area contributed by atoms with E-state index in [9.17, 15) is 4.79 Å². The normalized spacial score (nSPS) is 13.8. The van der Waals surface area contributed by atoms with Crippen LogP contribution >= 0.6 is 36.2 Å². The van der Waals surface area contributed by atoms with E-state index in [4.69, 9.17) is 4.98 Å². The van der Waals surface area contributed by atoms with Gasteiger partial charge in [0.2, 0.25) is 5.91 Å². The molecule has 0 atom stereocenters. The molecule has 1 amide bonds. The van der Waals surface area contributed by atoms with Crippen molar-refractivity contribution in [3.05, 3.63) is 77.9 Å². The van der Waals surface area contributed by atoms with Gasteiger partial charge in [-0.1, -0.05) is 30.3 Å². The van der Waals surface area contributed by atoms with Crippen LogP contribution < -0.4 is 10.2 Å². The molecule has 0 radical (unpaired) electrons. The van der Waals surface area contributed by atoms with Gasteiger partial charge < -0.3 is 10.2 Å². The maximum atomic E-state index is 12.7. The van der Waals surface area contributed by atoms with Crippen molar-refractivity contribution in [2.24, 2.45) is 5.92 Å². The van der Waals surface area contributed by atoms with Gasteiger partial charge in [0.05, 0.1) is 21.6 Å². The summed E-state index contributed by atoms with van der Waals surface area (Å²) >= 11 is 1.74. The molecule has 1 saturated heterocycles. The summed E-state index contributed by atoms with van der Waals surface area (Å²) in [6, 6.07) is 18.5. The highest BCUT2D eigenvalue weighted by Gasteiger charge is 2.26. The van der Waals surface area contributed by atoms with E-state index in [0.29, 0.717) is 6.54 Å². The molecule has 0 unspecified atom stereocenters. The lowest BCUT2D eigenvalue weighted by Gasteiger charge is -2.33. The Kier molecular flexibility index (Phi) is 8.67. The number of carbonyl (C=O) groups excluding carboxylic acids is 1. The predicted molar refractivity (Wildman–Crippen MR) is 141 cm³/mol. The van der Waals surface area contributed by atoms with Crippen LogP contribution in [0.1, 0.15) is 18.4 Å². The number of amides is 1. The van der Waals surface area contributed by atoms with Gasteiger partial charge in [-0.05, 0) is 48.1 Å². The molecule has 0 saturated carbocycles. The van der Waals surface area contributed by atoms with E-state index in [0.717, 1.165) is 48.3 Å². The lowest BCUT2D eigenvalue weighted by molar-refractivity contribution is -0.125. The molecule has 5 rings (SSSR count). The van der Waals surface area contributed by atoms with Crippen LogP contribution in [0.15, 0.2) is 72.4 Å². The summed E-state index contributed by atoms with van der Waals surface area (Å²) < 4.78 is 1.22. The quantitative estimate of drug-likeness (QED) is 0.379. The summed E-state index contributed by atoms with van der Waals surface area (Å²) in [6.07, 6.45) is 5.23. The first-order valence-corrected chi connectivity index (χ1v) is 11.5. The lowest BCUT2D eigenvalue weighted by atomic mass is 9.95. The number of nitrogens with zero attached hydrogens (tertiary/aromatic N) is 3. The Labute approximate surface area is 210 Å². The number of benzene rings is 1. The molecular weight excluding hydrogens is 475 g/mol. The molecule has 0 aliphatic carbocycles. The fraction of sp³-hybridized carbons (Fsp3) is 0.240. The number of anilines is 1. The molecule has 33 heavy (non-hydrogen) atoms. The van der Waals surface area contributed by atoms with Crippen molar-refractivity contribution in [3.63, 3.8) is 0 Å². The minimum absolute atomic E-state index is 0. The molecule has 0 bridgehead atoms. The topological polar surface area (TPSA) is 58.1 Å². The number of thiophene rings is 1.